The molecule has 0 atom stereocenters. The lowest BCUT2D eigenvalue weighted by molar-refractivity contribution is -0.137. The molecular formula is C13H14O5. The van der Waals surface area contributed by atoms with Crippen LogP contribution < -0.4 is 4.74 Å². The zero-order chi connectivity index (χ0) is 13.5. The van der Waals surface area contributed by atoms with E-state index in [1.807, 2.05) is 0 Å². The fraction of sp³-hybridized carbons (Fsp3) is 0.231. The molecule has 0 aromatic heterocycles. The minimum Gasteiger partial charge on any atom is -0.504 e. The maximum absolute atomic E-state index is 11.1. The van der Waals surface area contributed by atoms with E-state index in [-0.39, 0.29) is 18.1 Å². The first-order valence-corrected chi connectivity index (χ1v) is 5.33. The monoisotopic (exact) mass is 250 g/mol. The zero-order valence-corrected chi connectivity index (χ0v) is 10.2. The predicted octanol–water partition coefficient (Wildman–Crippen LogP) is 1.79. The lowest BCUT2D eigenvalue weighted by Crippen LogP contribution is -1.98. The van der Waals surface area contributed by atoms with E-state index >= 15 is 0 Å². The van der Waals surface area contributed by atoms with Gasteiger partial charge in [-0.15, -0.1) is 0 Å². The average Bonchev–Trinajstić information content (AvgIpc) is 2.38. The first-order valence-electron chi connectivity index (χ1n) is 5.33. The minimum absolute atomic E-state index is 0.136. The van der Waals surface area contributed by atoms with Crippen molar-refractivity contribution < 1.29 is 24.2 Å². The van der Waals surface area contributed by atoms with Crippen molar-refractivity contribution in [3.05, 3.63) is 29.3 Å². The van der Waals surface area contributed by atoms with Gasteiger partial charge in [-0.2, -0.15) is 0 Å². The molecule has 5 nitrogen and oxygen atoms in total. The van der Waals surface area contributed by atoms with Gasteiger partial charge < -0.3 is 14.6 Å². The first kappa shape index (κ1) is 13.8. The topological polar surface area (TPSA) is 72.8 Å². The van der Waals surface area contributed by atoms with Crippen LogP contribution in [-0.2, 0) is 9.53 Å². The van der Waals surface area contributed by atoms with Gasteiger partial charge in [-0.25, -0.2) is 4.79 Å². The number of ether oxygens (including phenoxy) is 2. The lowest BCUT2D eigenvalue weighted by Gasteiger charge is -2.07. The average molecular weight is 250 g/mol. The largest absolute Gasteiger partial charge is 0.504 e. The summed E-state index contributed by atoms with van der Waals surface area (Å²) in [7, 11) is 1.38. The molecule has 1 aromatic carbocycles. The molecule has 0 saturated heterocycles. The number of benzene rings is 1. The fourth-order valence-corrected chi connectivity index (χ4v) is 1.35. The molecule has 0 unspecified atom stereocenters. The van der Waals surface area contributed by atoms with Crippen LogP contribution in [0.1, 0.15) is 22.8 Å². The Balaban J connectivity index is 3.07. The van der Waals surface area contributed by atoms with Gasteiger partial charge in [0.05, 0.1) is 13.7 Å². The summed E-state index contributed by atoms with van der Waals surface area (Å²) in [4.78, 5) is 21.9. The van der Waals surface area contributed by atoms with Gasteiger partial charge >= 0.3 is 5.97 Å². The maximum Gasteiger partial charge on any atom is 0.330 e. The highest BCUT2D eigenvalue weighted by molar-refractivity contribution is 5.88. The van der Waals surface area contributed by atoms with Gasteiger partial charge in [-0.1, -0.05) is 0 Å². The van der Waals surface area contributed by atoms with E-state index in [0.717, 1.165) is 0 Å². The molecule has 1 rings (SSSR count). The van der Waals surface area contributed by atoms with Crippen LogP contribution in [0.4, 0.5) is 0 Å². The highest BCUT2D eigenvalue weighted by atomic mass is 16.5. The summed E-state index contributed by atoms with van der Waals surface area (Å²) in [5.74, 6) is -0.487. The number of hydrogen-bond acceptors (Lipinski definition) is 5. The van der Waals surface area contributed by atoms with E-state index in [1.54, 1.807) is 6.92 Å². The van der Waals surface area contributed by atoms with Crippen LogP contribution in [0.25, 0.3) is 6.08 Å². The Hall–Kier alpha value is -2.30. The van der Waals surface area contributed by atoms with E-state index in [4.69, 9.17) is 9.47 Å². The van der Waals surface area contributed by atoms with Crippen LogP contribution >= 0.6 is 0 Å². The number of aldehydes is 1. The number of phenolic OH excluding ortho intramolecular Hbond substituents is 1. The normalized spacial score (nSPS) is 10.3. The Bertz CT molecular complexity index is 477. The summed E-state index contributed by atoms with van der Waals surface area (Å²) >= 11 is 0. The number of aromatic hydroxyl groups is 1. The Morgan fingerprint density at radius 1 is 1.44 bits per heavy atom. The van der Waals surface area contributed by atoms with Crippen LogP contribution in [0, 0.1) is 0 Å². The second-order valence-electron chi connectivity index (χ2n) is 3.36. The van der Waals surface area contributed by atoms with Crippen molar-refractivity contribution in [3.63, 3.8) is 0 Å². The third-order valence-electron chi connectivity index (χ3n) is 2.17. The molecule has 0 heterocycles. The van der Waals surface area contributed by atoms with Gasteiger partial charge in [0.25, 0.3) is 0 Å². The number of rotatable bonds is 5. The summed E-state index contributed by atoms with van der Waals surface area (Å²) in [5, 5.41) is 9.81. The Labute approximate surface area is 105 Å². The molecule has 96 valence electrons. The van der Waals surface area contributed by atoms with Crippen molar-refractivity contribution in [1.82, 2.24) is 0 Å². The van der Waals surface area contributed by atoms with Gasteiger partial charge in [-0.3, -0.25) is 4.79 Å². The molecule has 0 spiro atoms. The van der Waals surface area contributed by atoms with Gasteiger partial charge in [0.1, 0.15) is 6.29 Å². The molecule has 0 aliphatic carbocycles. The van der Waals surface area contributed by atoms with E-state index in [2.05, 4.69) is 0 Å². The number of esters is 1. The molecule has 1 aromatic rings. The van der Waals surface area contributed by atoms with Crippen molar-refractivity contribution in [1.29, 1.82) is 0 Å². The van der Waals surface area contributed by atoms with E-state index in [1.165, 1.54) is 31.4 Å². The van der Waals surface area contributed by atoms with Crippen molar-refractivity contribution in [2.45, 2.75) is 6.92 Å². The number of hydrogen-bond donors (Lipinski definition) is 1. The van der Waals surface area contributed by atoms with Crippen molar-refractivity contribution in [3.8, 4) is 11.5 Å². The van der Waals surface area contributed by atoms with E-state index in [9.17, 15) is 14.7 Å². The Morgan fingerprint density at radius 3 is 2.72 bits per heavy atom. The van der Waals surface area contributed by atoms with Crippen LogP contribution in [0.15, 0.2) is 18.2 Å². The zero-order valence-electron chi connectivity index (χ0n) is 10.2. The van der Waals surface area contributed by atoms with Crippen molar-refractivity contribution >= 4 is 18.3 Å². The second kappa shape index (κ2) is 6.44. The number of carbonyl (C=O) groups excluding carboxylic acids is 2. The predicted molar refractivity (Wildman–Crippen MR) is 65.7 cm³/mol. The van der Waals surface area contributed by atoms with Crippen LogP contribution in [0.5, 0.6) is 11.5 Å². The third-order valence-corrected chi connectivity index (χ3v) is 2.17. The SMILES string of the molecule is CCOC(=O)C=Cc1cc(C=O)cc(OC)c1O. The van der Waals surface area contributed by atoms with Gasteiger partial charge in [0.2, 0.25) is 0 Å². The Morgan fingerprint density at radius 2 is 2.17 bits per heavy atom. The number of carbonyl (C=O) groups is 2. The molecule has 5 heteroatoms. The van der Waals surface area contributed by atoms with E-state index < -0.39 is 5.97 Å². The van der Waals surface area contributed by atoms with Crippen LogP contribution in [-0.4, -0.2) is 31.1 Å². The van der Waals surface area contributed by atoms with Gasteiger partial charge in [-0.05, 0) is 25.1 Å². The quantitative estimate of drug-likeness (QED) is 0.490. The molecule has 0 amide bonds. The summed E-state index contributed by atoms with van der Waals surface area (Å²) < 4.78 is 9.63. The second-order valence-corrected chi connectivity index (χ2v) is 3.36. The standard InChI is InChI=1S/C13H14O5/c1-3-18-12(15)5-4-10-6-9(8-14)7-11(17-2)13(10)16/h4-8,16H,3H2,1-2H3. The van der Waals surface area contributed by atoms with Gasteiger partial charge in [0, 0.05) is 17.2 Å². The summed E-state index contributed by atoms with van der Waals surface area (Å²) in [6, 6.07) is 2.85. The summed E-state index contributed by atoms with van der Waals surface area (Å²) in [5.41, 5.74) is 0.651. The van der Waals surface area contributed by atoms with E-state index in [0.29, 0.717) is 17.4 Å². The minimum atomic E-state index is -0.521. The lowest BCUT2D eigenvalue weighted by atomic mass is 10.1. The third kappa shape index (κ3) is 3.35. The smallest absolute Gasteiger partial charge is 0.330 e. The molecule has 0 bridgehead atoms. The number of methoxy groups -OCH3 is 1. The summed E-state index contributed by atoms with van der Waals surface area (Å²) in [6.45, 7) is 1.96. The Kier molecular flexibility index (Phi) is 4.92. The molecular weight excluding hydrogens is 236 g/mol. The molecule has 0 fully saturated rings. The highest BCUT2D eigenvalue weighted by Gasteiger charge is 2.08. The molecule has 18 heavy (non-hydrogen) atoms. The maximum atomic E-state index is 11.1. The van der Waals surface area contributed by atoms with Crippen molar-refractivity contribution in [2.24, 2.45) is 0 Å². The van der Waals surface area contributed by atoms with Crippen LogP contribution in [0.3, 0.4) is 0 Å². The fourth-order valence-electron chi connectivity index (χ4n) is 1.35. The molecule has 0 aliphatic heterocycles. The summed E-state index contributed by atoms with van der Waals surface area (Å²) in [6.07, 6.45) is 3.17. The highest BCUT2D eigenvalue weighted by Crippen LogP contribution is 2.31. The molecule has 0 radical (unpaired) electrons. The molecule has 0 aliphatic rings. The van der Waals surface area contributed by atoms with Crippen LogP contribution in [0.2, 0.25) is 0 Å². The van der Waals surface area contributed by atoms with Crippen molar-refractivity contribution in [2.75, 3.05) is 13.7 Å². The molecule has 0 saturated carbocycles. The first-order chi connectivity index (χ1) is 8.62. The molecule has 1 N–H and O–H groups in total. The van der Waals surface area contributed by atoms with Gasteiger partial charge in [0.15, 0.2) is 11.5 Å². The number of phenols is 1.